The average Bonchev–Trinajstić information content (AvgIpc) is 2.72. The molecule has 2 atom stereocenters. The van der Waals surface area contributed by atoms with Gasteiger partial charge in [-0.25, -0.2) is 4.98 Å². The van der Waals surface area contributed by atoms with Crippen LogP contribution >= 0.6 is 0 Å². The average molecular weight is 197 g/mol. The molecule has 0 radical (unpaired) electrons. The van der Waals surface area contributed by atoms with Crippen LogP contribution in [0.15, 0.2) is 12.4 Å². The Bertz CT molecular complexity index is 300. The molecule has 1 aliphatic rings. The van der Waals surface area contributed by atoms with Crippen molar-refractivity contribution < 1.29 is 9.84 Å². The van der Waals surface area contributed by atoms with E-state index in [9.17, 15) is 5.11 Å². The zero-order chi connectivity index (χ0) is 9.97. The van der Waals surface area contributed by atoms with Gasteiger partial charge in [-0.1, -0.05) is 0 Å². The SMILES string of the molecule is Cn1ccnc1CNC1COCC1O. The number of hydrogen-bond donors (Lipinski definition) is 2. The predicted octanol–water partition coefficient (Wildman–Crippen LogP) is -0.731. The number of imidazole rings is 1. The van der Waals surface area contributed by atoms with Crippen molar-refractivity contribution in [2.75, 3.05) is 13.2 Å². The van der Waals surface area contributed by atoms with E-state index in [1.807, 2.05) is 17.8 Å². The first-order valence-corrected chi connectivity index (χ1v) is 4.73. The minimum absolute atomic E-state index is 0.0340. The van der Waals surface area contributed by atoms with E-state index < -0.39 is 6.10 Å². The third-order valence-corrected chi connectivity index (χ3v) is 2.49. The lowest BCUT2D eigenvalue weighted by atomic mass is 10.2. The maximum atomic E-state index is 9.47. The molecule has 1 fully saturated rings. The highest BCUT2D eigenvalue weighted by Crippen LogP contribution is 2.05. The van der Waals surface area contributed by atoms with Crippen LogP contribution in [0.5, 0.6) is 0 Å². The van der Waals surface area contributed by atoms with Gasteiger partial charge in [-0.2, -0.15) is 0 Å². The molecular weight excluding hydrogens is 182 g/mol. The number of aliphatic hydroxyl groups excluding tert-OH is 1. The molecule has 1 aliphatic heterocycles. The molecule has 14 heavy (non-hydrogen) atoms. The highest BCUT2D eigenvalue weighted by atomic mass is 16.5. The van der Waals surface area contributed by atoms with Gasteiger partial charge in [0.1, 0.15) is 5.82 Å². The highest BCUT2D eigenvalue weighted by Gasteiger charge is 2.25. The van der Waals surface area contributed by atoms with E-state index in [-0.39, 0.29) is 6.04 Å². The summed E-state index contributed by atoms with van der Waals surface area (Å²) in [5.41, 5.74) is 0. The van der Waals surface area contributed by atoms with Crippen molar-refractivity contribution in [3.05, 3.63) is 18.2 Å². The standard InChI is InChI=1S/C9H15N3O2/c1-12-3-2-10-9(12)4-11-7-5-14-6-8(7)13/h2-3,7-8,11,13H,4-6H2,1H3. The first-order chi connectivity index (χ1) is 6.77. The Morgan fingerprint density at radius 3 is 3.14 bits per heavy atom. The zero-order valence-corrected chi connectivity index (χ0v) is 8.18. The number of nitrogens with one attached hydrogen (secondary N) is 1. The largest absolute Gasteiger partial charge is 0.389 e. The summed E-state index contributed by atoms with van der Waals surface area (Å²) < 4.78 is 7.08. The first-order valence-electron chi connectivity index (χ1n) is 4.73. The smallest absolute Gasteiger partial charge is 0.122 e. The Morgan fingerprint density at radius 1 is 1.71 bits per heavy atom. The second-order valence-corrected chi connectivity index (χ2v) is 3.55. The molecule has 78 valence electrons. The molecule has 2 N–H and O–H groups in total. The molecule has 0 amide bonds. The maximum Gasteiger partial charge on any atom is 0.122 e. The molecule has 5 nitrogen and oxygen atoms in total. The van der Waals surface area contributed by atoms with Gasteiger partial charge < -0.3 is 19.7 Å². The summed E-state index contributed by atoms with van der Waals surface area (Å²) >= 11 is 0. The lowest BCUT2D eigenvalue weighted by Gasteiger charge is -2.13. The summed E-state index contributed by atoms with van der Waals surface area (Å²) in [5.74, 6) is 0.962. The first kappa shape index (κ1) is 9.64. The van der Waals surface area contributed by atoms with Crippen LogP contribution in [0.4, 0.5) is 0 Å². The van der Waals surface area contributed by atoms with E-state index in [0.29, 0.717) is 19.8 Å². The van der Waals surface area contributed by atoms with Gasteiger partial charge in [-0.05, 0) is 0 Å². The molecule has 1 aromatic heterocycles. The van der Waals surface area contributed by atoms with Gasteiger partial charge >= 0.3 is 0 Å². The Morgan fingerprint density at radius 2 is 2.57 bits per heavy atom. The van der Waals surface area contributed by atoms with Crippen LogP contribution in [-0.2, 0) is 18.3 Å². The molecule has 5 heteroatoms. The second kappa shape index (κ2) is 4.08. The van der Waals surface area contributed by atoms with E-state index in [1.165, 1.54) is 0 Å². The number of rotatable bonds is 3. The summed E-state index contributed by atoms with van der Waals surface area (Å²) in [6.07, 6.45) is 3.27. The van der Waals surface area contributed by atoms with Crippen molar-refractivity contribution >= 4 is 0 Å². The van der Waals surface area contributed by atoms with Gasteiger partial charge in [0.25, 0.3) is 0 Å². The second-order valence-electron chi connectivity index (χ2n) is 3.55. The predicted molar refractivity (Wildman–Crippen MR) is 50.7 cm³/mol. The van der Waals surface area contributed by atoms with Crippen LogP contribution in [0.1, 0.15) is 5.82 Å². The summed E-state index contributed by atoms with van der Waals surface area (Å²) in [6, 6.07) is 0.0340. The van der Waals surface area contributed by atoms with Gasteiger partial charge in [0, 0.05) is 19.4 Å². The van der Waals surface area contributed by atoms with Gasteiger partial charge in [-0.3, -0.25) is 0 Å². The van der Waals surface area contributed by atoms with Crippen LogP contribution in [0.2, 0.25) is 0 Å². The Hall–Kier alpha value is -0.910. The number of ether oxygens (including phenoxy) is 1. The minimum Gasteiger partial charge on any atom is -0.389 e. The van der Waals surface area contributed by atoms with Crippen molar-refractivity contribution in [1.29, 1.82) is 0 Å². The highest BCUT2D eigenvalue weighted by molar-refractivity contribution is 4.92. The summed E-state index contributed by atoms with van der Waals surface area (Å²) in [4.78, 5) is 4.18. The summed E-state index contributed by atoms with van der Waals surface area (Å²) in [5, 5.41) is 12.7. The third-order valence-electron chi connectivity index (χ3n) is 2.49. The number of aromatic nitrogens is 2. The van der Waals surface area contributed by atoms with Crippen LogP contribution < -0.4 is 5.32 Å². The molecular formula is C9H15N3O2. The van der Waals surface area contributed by atoms with Gasteiger partial charge in [0.05, 0.1) is 31.9 Å². The molecule has 0 aromatic carbocycles. The van der Waals surface area contributed by atoms with Gasteiger partial charge in [0.15, 0.2) is 0 Å². The Kier molecular flexibility index (Phi) is 2.81. The number of nitrogens with zero attached hydrogens (tertiary/aromatic N) is 2. The quantitative estimate of drug-likeness (QED) is 0.670. The van der Waals surface area contributed by atoms with E-state index in [1.54, 1.807) is 6.20 Å². The van der Waals surface area contributed by atoms with Crippen LogP contribution in [0.3, 0.4) is 0 Å². The Balaban J connectivity index is 1.85. The van der Waals surface area contributed by atoms with Gasteiger partial charge in [-0.15, -0.1) is 0 Å². The number of hydrogen-bond acceptors (Lipinski definition) is 4. The molecule has 0 spiro atoms. The number of aliphatic hydroxyl groups is 1. The fourth-order valence-corrected chi connectivity index (χ4v) is 1.53. The molecule has 0 saturated carbocycles. The third kappa shape index (κ3) is 1.95. The van der Waals surface area contributed by atoms with Crippen LogP contribution in [0, 0.1) is 0 Å². The lowest BCUT2D eigenvalue weighted by Crippen LogP contribution is -2.38. The maximum absolute atomic E-state index is 9.47. The monoisotopic (exact) mass is 197 g/mol. The van der Waals surface area contributed by atoms with E-state index in [2.05, 4.69) is 10.3 Å². The summed E-state index contributed by atoms with van der Waals surface area (Å²) in [7, 11) is 1.95. The zero-order valence-electron chi connectivity index (χ0n) is 8.18. The number of aryl methyl sites for hydroxylation is 1. The van der Waals surface area contributed by atoms with Crippen molar-refractivity contribution in [3.8, 4) is 0 Å². The van der Waals surface area contributed by atoms with Crippen LogP contribution in [-0.4, -0.2) is 40.0 Å². The van der Waals surface area contributed by atoms with E-state index in [0.717, 1.165) is 5.82 Å². The molecule has 1 saturated heterocycles. The van der Waals surface area contributed by atoms with Crippen LogP contribution in [0.25, 0.3) is 0 Å². The molecule has 1 aromatic rings. The minimum atomic E-state index is -0.393. The summed E-state index contributed by atoms with van der Waals surface area (Å²) in [6.45, 7) is 1.67. The Labute approximate surface area is 82.7 Å². The fraction of sp³-hybridized carbons (Fsp3) is 0.667. The molecule has 2 heterocycles. The molecule has 0 aliphatic carbocycles. The topological polar surface area (TPSA) is 59.3 Å². The van der Waals surface area contributed by atoms with Crippen molar-refractivity contribution in [2.24, 2.45) is 7.05 Å². The molecule has 2 rings (SSSR count). The van der Waals surface area contributed by atoms with Crippen molar-refractivity contribution in [2.45, 2.75) is 18.7 Å². The van der Waals surface area contributed by atoms with Crippen molar-refractivity contribution in [1.82, 2.24) is 14.9 Å². The molecule has 0 bridgehead atoms. The van der Waals surface area contributed by atoms with E-state index >= 15 is 0 Å². The fourth-order valence-electron chi connectivity index (χ4n) is 1.53. The van der Waals surface area contributed by atoms with Gasteiger partial charge in [0.2, 0.25) is 0 Å². The molecule has 2 unspecified atom stereocenters. The lowest BCUT2D eigenvalue weighted by molar-refractivity contribution is 0.122. The van der Waals surface area contributed by atoms with E-state index in [4.69, 9.17) is 4.74 Å². The normalized spacial score (nSPS) is 27.0. The van der Waals surface area contributed by atoms with Crippen molar-refractivity contribution in [3.63, 3.8) is 0 Å².